The molecule has 0 radical (unpaired) electrons. The van der Waals surface area contributed by atoms with Gasteiger partial charge in [-0.25, -0.2) is 4.79 Å². The Morgan fingerprint density at radius 3 is 2.59 bits per heavy atom. The Kier molecular flexibility index (Phi) is 5.06. The lowest BCUT2D eigenvalue weighted by molar-refractivity contribution is -0.122. The summed E-state index contributed by atoms with van der Waals surface area (Å²) in [4.78, 5) is 22.0. The van der Waals surface area contributed by atoms with Gasteiger partial charge in [0.1, 0.15) is 5.75 Å². The highest BCUT2D eigenvalue weighted by Crippen LogP contribution is 2.26. The average molecular weight is 277 g/mol. The second-order valence-electron chi connectivity index (χ2n) is 2.99. The van der Waals surface area contributed by atoms with Crippen LogP contribution in [0.2, 0.25) is 10.0 Å². The maximum Gasteiger partial charge on any atom is 0.321 e. The number of amides is 3. The van der Waals surface area contributed by atoms with Crippen molar-refractivity contribution in [3.63, 3.8) is 0 Å². The molecule has 0 fully saturated rings. The first-order chi connectivity index (χ1) is 8.02. The summed E-state index contributed by atoms with van der Waals surface area (Å²) in [6.45, 7) is -0.286. The molecule has 0 unspecified atom stereocenters. The van der Waals surface area contributed by atoms with Crippen LogP contribution < -0.4 is 15.4 Å². The SMILES string of the molecule is CNC(=O)NC(=O)COc1ccc(Cl)c(Cl)c1. The molecule has 0 aromatic heterocycles. The summed E-state index contributed by atoms with van der Waals surface area (Å²) in [5.41, 5.74) is 0. The molecule has 92 valence electrons. The molecular weight excluding hydrogens is 267 g/mol. The van der Waals surface area contributed by atoms with E-state index in [1.807, 2.05) is 0 Å². The number of hydrogen-bond donors (Lipinski definition) is 2. The van der Waals surface area contributed by atoms with Crippen molar-refractivity contribution in [1.82, 2.24) is 10.6 Å². The fraction of sp³-hybridized carbons (Fsp3) is 0.200. The molecule has 0 aliphatic heterocycles. The molecule has 5 nitrogen and oxygen atoms in total. The van der Waals surface area contributed by atoms with Gasteiger partial charge in [0, 0.05) is 13.1 Å². The van der Waals surface area contributed by atoms with Gasteiger partial charge in [-0.05, 0) is 12.1 Å². The predicted molar refractivity (Wildman–Crippen MR) is 64.6 cm³/mol. The molecule has 17 heavy (non-hydrogen) atoms. The smallest absolute Gasteiger partial charge is 0.321 e. The minimum absolute atomic E-state index is 0.286. The van der Waals surface area contributed by atoms with E-state index < -0.39 is 11.9 Å². The lowest BCUT2D eigenvalue weighted by Crippen LogP contribution is -2.39. The highest BCUT2D eigenvalue weighted by atomic mass is 35.5. The van der Waals surface area contributed by atoms with Gasteiger partial charge in [0.2, 0.25) is 0 Å². The van der Waals surface area contributed by atoms with Crippen molar-refractivity contribution in [3.8, 4) is 5.75 Å². The summed E-state index contributed by atoms with van der Waals surface area (Å²) >= 11 is 11.5. The zero-order valence-electron chi connectivity index (χ0n) is 8.92. The second kappa shape index (κ2) is 6.32. The van der Waals surface area contributed by atoms with Crippen LogP contribution in [-0.2, 0) is 4.79 Å². The number of hydrogen-bond acceptors (Lipinski definition) is 3. The number of carbonyl (C=O) groups is 2. The van der Waals surface area contributed by atoms with E-state index in [1.165, 1.54) is 13.1 Å². The predicted octanol–water partition coefficient (Wildman–Crippen LogP) is 1.83. The van der Waals surface area contributed by atoms with Crippen LogP contribution in [0.5, 0.6) is 5.75 Å². The molecule has 0 aliphatic carbocycles. The zero-order valence-corrected chi connectivity index (χ0v) is 10.4. The topological polar surface area (TPSA) is 67.4 Å². The van der Waals surface area contributed by atoms with Gasteiger partial charge in [-0.2, -0.15) is 0 Å². The van der Waals surface area contributed by atoms with E-state index in [0.29, 0.717) is 15.8 Å². The van der Waals surface area contributed by atoms with Crippen LogP contribution in [0.25, 0.3) is 0 Å². The maximum absolute atomic E-state index is 11.2. The van der Waals surface area contributed by atoms with Crippen molar-refractivity contribution >= 4 is 35.1 Å². The highest BCUT2D eigenvalue weighted by Gasteiger charge is 2.07. The molecule has 0 saturated carbocycles. The highest BCUT2D eigenvalue weighted by molar-refractivity contribution is 6.42. The first-order valence-corrected chi connectivity index (χ1v) is 5.38. The molecule has 0 heterocycles. The number of rotatable bonds is 3. The van der Waals surface area contributed by atoms with Crippen LogP contribution in [0.15, 0.2) is 18.2 Å². The summed E-state index contributed by atoms with van der Waals surface area (Å²) in [5, 5.41) is 5.03. The lowest BCUT2D eigenvalue weighted by Gasteiger charge is -2.07. The number of imide groups is 1. The standard InChI is InChI=1S/C10H10Cl2N2O3/c1-13-10(16)14-9(15)5-17-6-2-3-7(11)8(12)4-6/h2-4H,5H2,1H3,(H2,13,14,15,16). The van der Waals surface area contributed by atoms with Crippen LogP contribution >= 0.6 is 23.2 Å². The van der Waals surface area contributed by atoms with Crippen molar-refractivity contribution in [1.29, 1.82) is 0 Å². The third kappa shape index (κ3) is 4.50. The van der Waals surface area contributed by atoms with Gasteiger partial charge in [-0.3, -0.25) is 10.1 Å². The summed E-state index contributed by atoms with van der Waals surface area (Å²) in [6, 6.07) is 4.02. The number of ether oxygens (including phenoxy) is 1. The number of benzene rings is 1. The molecule has 7 heteroatoms. The van der Waals surface area contributed by atoms with E-state index in [2.05, 4.69) is 10.6 Å². The molecule has 0 bridgehead atoms. The Bertz CT molecular complexity index is 438. The Labute approximate surface area is 108 Å². The first-order valence-electron chi connectivity index (χ1n) is 4.62. The van der Waals surface area contributed by atoms with Crippen molar-refractivity contribution < 1.29 is 14.3 Å². The molecule has 0 aliphatic rings. The average Bonchev–Trinajstić information content (AvgIpc) is 2.30. The fourth-order valence-corrected chi connectivity index (χ4v) is 1.23. The summed E-state index contributed by atoms with van der Waals surface area (Å²) in [6.07, 6.45) is 0. The molecule has 0 saturated heterocycles. The number of urea groups is 1. The molecular formula is C10H10Cl2N2O3. The van der Waals surface area contributed by atoms with Crippen molar-refractivity contribution in [2.45, 2.75) is 0 Å². The van der Waals surface area contributed by atoms with Crippen molar-refractivity contribution in [2.75, 3.05) is 13.7 Å². The van der Waals surface area contributed by atoms with Gasteiger partial charge in [0.05, 0.1) is 10.0 Å². The number of halogens is 2. The Morgan fingerprint density at radius 2 is 2.00 bits per heavy atom. The van der Waals surface area contributed by atoms with Gasteiger partial charge in [-0.15, -0.1) is 0 Å². The monoisotopic (exact) mass is 276 g/mol. The normalized spacial score (nSPS) is 9.59. The summed E-state index contributed by atoms with van der Waals surface area (Å²) < 4.78 is 5.11. The van der Waals surface area contributed by atoms with E-state index in [1.54, 1.807) is 12.1 Å². The van der Waals surface area contributed by atoms with Crippen LogP contribution in [0.1, 0.15) is 0 Å². The third-order valence-corrected chi connectivity index (χ3v) is 2.48. The zero-order chi connectivity index (χ0) is 12.8. The van der Waals surface area contributed by atoms with E-state index in [-0.39, 0.29) is 6.61 Å². The van der Waals surface area contributed by atoms with E-state index in [9.17, 15) is 9.59 Å². The lowest BCUT2D eigenvalue weighted by atomic mass is 10.3. The molecule has 1 aromatic rings. The molecule has 0 atom stereocenters. The number of carbonyl (C=O) groups excluding carboxylic acids is 2. The quantitative estimate of drug-likeness (QED) is 0.885. The van der Waals surface area contributed by atoms with Crippen LogP contribution in [-0.4, -0.2) is 25.6 Å². The summed E-state index contributed by atoms with van der Waals surface area (Å²) in [7, 11) is 1.41. The van der Waals surface area contributed by atoms with E-state index >= 15 is 0 Å². The molecule has 1 rings (SSSR count). The van der Waals surface area contributed by atoms with Crippen molar-refractivity contribution in [3.05, 3.63) is 28.2 Å². The molecule has 0 spiro atoms. The van der Waals surface area contributed by atoms with E-state index in [0.717, 1.165) is 0 Å². The first kappa shape index (κ1) is 13.6. The minimum Gasteiger partial charge on any atom is -0.484 e. The van der Waals surface area contributed by atoms with Crippen molar-refractivity contribution in [2.24, 2.45) is 0 Å². The van der Waals surface area contributed by atoms with Crippen LogP contribution in [0.4, 0.5) is 4.79 Å². The van der Waals surface area contributed by atoms with Gasteiger partial charge >= 0.3 is 6.03 Å². The van der Waals surface area contributed by atoms with Gasteiger partial charge in [-0.1, -0.05) is 23.2 Å². The molecule has 2 N–H and O–H groups in total. The Morgan fingerprint density at radius 1 is 1.29 bits per heavy atom. The van der Waals surface area contributed by atoms with Gasteiger partial charge in [0.15, 0.2) is 6.61 Å². The van der Waals surface area contributed by atoms with Crippen LogP contribution in [0.3, 0.4) is 0 Å². The second-order valence-corrected chi connectivity index (χ2v) is 3.81. The molecule has 3 amide bonds. The maximum atomic E-state index is 11.2. The molecule has 1 aromatic carbocycles. The largest absolute Gasteiger partial charge is 0.484 e. The Hall–Kier alpha value is -1.46. The van der Waals surface area contributed by atoms with Gasteiger partial charge < -0.3 is 10.1 Å². The minimum atomic E-state index is -0.590. The number of nitrogens with one attached hydrogen (secondary N) is 2. The fourth-order valence-electron chi connectivity index (χ4n) is 0.941. The summed E-state index contributed by atoms with van der Waals surface area (Å²) in [5.74, 6) is -0.165. The third-order valence-electron chi connectivity index (χ3n) is 1.74. The van der Waals surface area contributed by atoms with Crippen LogP contribution in [0, 0.1) is 0 Å². The van der Waals surface area contributed by atoms with Gasteiger partial charge in [0.25, 0.3) is 5.91 Å². The van der Waals surface area contributed by atoms with E-state index in [4.69, 9.17) is 27.9 Å². The Balaban J connectivity index is 2.47.